The van der Waals surface area contributed by atoms with Gasteiger partial charge in [0.05, 0.1) is 0 Å². The van der Waals surface area contributed by atoms with E-state index in [1.54, 1.807) is 0 Å². The molecular formula is C16H31N3O2. The number of hydrogen-bond donors (Lipinski definition) is 1. The van der Waals surface area contributed by atoms with Gasteiger partial charge < -0.3 is 14.6 Å². The van der Waals surface area contributed by atoms with Crippen LogP contribution >= 0.6 is 0 Å². The van der Waals surface area contributed by atoms with Crippen molar-refractivity contribution in [2.45, 2.75) is 67.0 Å². The van der Waals surface area contributed by atoms with Gasteiger partial charge >= 0.3 is 0 Å². The summed E-state index contributed by atoms with van der Waals surface area (Å²) < 4.78 is 11.2. The maximum atomic E-state index is 5.72. The molecule has 0 spiro atoms. The largest absolute Gasteiger partial charge is 0.370 e. The van der Waals surface area contributed by atoms with E-state index < -0.39 is 0 Å². The maximum absolute atomic E-state index is 5.72. The van der Waals surface area contributed by atoms with Gasteiger partial charge in [-0.3, -0.25) is 0 Å². The summed E-state index contributed by atoms with van der Waals surface area (Å²) in [6, 6.07) is 0.306. The molecule has 0 fully saturated rings. The molecule has 0 amide bonds. The molecule has 0 radical (unpaired) electrons. The molecule has 0 aliphatic heterocycles. The number of aromatic nitrogens is 2. The fourth-order valence-electron chi connectivity index (χ4n) is 2.32. The number of nitrogens with zero attached hydrogens (tertiary/aromatic N) is 2. The molecule has 1 heterocycles. The predicted octanol–water partition coefficient (Wildman–Crippen LogP) is 3.37. The van der Waals surface area contributed by atoms with E-state index in [1.165, 1.54) is 0 Å². The molecule has 5 heteroatoms. The first-order valence-corrected chi connectivity index (χ1v) is 7.97. The number of rotatable bonds is 8. The zero-order valence-electron chi connectivity index (χ0n) is 14.6. The Hall–Kier alpha value is -0.940. The summed E-state index contributed by atoms with van der Waals surface area (Å²) in [5.74, 6) is 1.66. The van der Waals surface area contributed by atoms with Gasteiger partial charge in [0.1, 0.15) is 6.10 Å². The molecule has 5 nitrogen and oxygen atoms in total. The van der Waals surface area contributed by atoms with Crippen molar-refractivity contribution in [1.29, 1.82) is 0 Å². The first kappa shape index (κ1) is 18.1. The second-order valence-electron chi connectivity index (χ2n) is 6.85. The molecule has 1 aromatic heterocycles. The van der Waals surface area contributed by atoms with Crippen molar-refractivity contribution in [1.82, 2.24) is 15.5 Å². The molecule has 2 unspecified atom stereocenters. The van der Waals surface area contributed by atoms with Gasteiger partial charge in [-0.15, -0.1) is 0 Å². The Morgan fingerprint density at radius 2 is 1.90 bits per heavy atom. The lowest BCUT2D eigenvalue weighted by Crippen LogP contribution is -2.42. The molecule has 2 atom stereocenters. The molecule has 1 N–H and O–H groups in total. The Bertz CT molecular complexity index is 410. The fourth-order valence-corrected chi connectivity index (χ4v) is 2.32. The lowest BCUT2D eigenvalue weighted by atomic mass is 9.84. The van der Waals surface area contributed by atoms with E-state index in [1.807, 2.05) is 6.92 Å². The predicted molar refractivity (Wildman–Crippen MR) is 84.1 cm³/mol. The van der Waals surface area contributed by atoms with Crippen molar-refractivity contribution in [2.24, 2.45) is 11.3 Å². The molecule has 1 aromatic rings. The van der Waals surface area contributed by atoms with E-state index >= 15 is 0 Å². The number of ether oxygens (including phenoxy) is 1. The molecule has 0 aliphatic carbocycles. The summed E-state index contributed by atoms with van der Waals surface area (Å²) in [6.45, 7) is 16.5. The third-order valence-electron chi connectivity index (χ3n) is 3.56. The van der Waals surface area contributed by atoms with E-state index in [2.05, 4.69) is 57.0 Å². The van der Waals surface area contributed by atoms with Crippen LogP contribution in [-0.4, -0.2) is 29.3 Å². The molecule has 0 saturated carbocycles. The molecular weight excluding hydrogens is 266 g/mol. The summed E-state index contributed by atoms with van der Waals surface area (Å²) in [4.78, 5) is 4.54. The lowest BCUT2D eigenvalue weighted by Gasteiger charge is -2.30. The van der Waals surface area contributed by atoms with Crippen molar-refractivity contribution in [3.8, 4) is 0 Å². The van der Waals surface area contributed by atoms with Crippen molar-refractivity contribution in [3.05, 3.63) is 11.7 Å². The molecule has 0 aliphatic rings. The summed E-state index contributed by atoms with van der Waals surface area (Å²) >= 11 is 0. The average molecular weight is 297 g/mol. The minimum atomic E-state index is -0.0975. The van der Waals surface area contributed by atoms with Gasteiger partial charge in [-0.2, -0.15) is 4.98 Å². The third kappa shape index (κ3) is 5.40. The summed E-state index contributed by atoms with van der Waals surface area (Å²) in [6.07, 6.45) is 0.640. The Balaban J connectivity index is 2.82. The van der Waals surface area contributed by atoms with E-state index in [0.29, 0.717) is 30.3 Å². The maximum Gasteiger partial charge on any atom is 0.228 e. The van der Waals surface area contributed by atoms with Gasteiger partial charge in [-0.25, -0.2) is 0 Å². The second kappa shape index (κ2) is 7.90. The van der Waals surface area contributed by atoms with Crippen LogP contribution in [0.2, 0.25) is 0 Å². The van der Waals surface area contributed by atoms with Crippen molar-refractivity contribution >= 4 is 0 Å². The molecule has 21 heavy (non-hydrogen) atoms. The zero-order valence-corrected chi connectivity index (χ0v) is 14.6. The van der Waals surface area contributed by atoms with Crippen LogP contribution in [0.3, 0.4) is 0 Å². The minimum absolute atomic E-state index is 0.0975. The normalized spacial score (nSPS) is 15.4. The van der Waals surface area contributed by atoms with Gasteiger partial charge in [0.2, 0.25) is 11.7 Å². The minimum Gasteiger partial charge on any atom is -0.370 e. The number of hydrogen-bond acceptors (Lipinski definition) is 5. The standard InChI is InChI=1S/C16H31N3O2/c1-8-17-12(16(5,6)7)10-13-18-15(19-21-13)14(11(3)4)20-9-2/h11-12,14,17H,8-10H2,1-7H3. The highest BCUT2D eigenvalue weighted by atomic mass is 16.5. The fraction of sp³-hybridized carbons (Fsp3) is 0.875. The second-order valence-corrected chi connectivity index (χ2v) is 6.85. The Morgan fingerprint density at radius 1 is 1.24 bits per heavy atom. The van der Waals surface area contributed by atoms with Crippen LogP contribution in [0.4, 0.5) is 0 Å². The van der Waals surface area contributed by atoms with Gasteiger partial charge in [0.15, 0.2) is 0 Å². The van der Waals surface area contributed by atoms with Crippen molar-refractivity contribution < 1.29 is 9.26 Å². The topological polar surface area (TPSA) is 60.2 Å². The SMILES string of the molecule is CCNC(Cc1nc(C(OCC)C(C)C)no1)C(C)(C)C. The summed E-state index contributed by atoms with van der Waals surface area (Å²) in [5.41, 5.74) is 0.141. The van der Waals surface area contributed by atoms with Crippen molar-refractivity contribution in [2.75, 3.05) is 13.2 Å². The van der Waals surface area contributed by atoms with Crippen LogP contribution in [-0.2, 0) is 11.2 Å². The molecule has 1 rings (SSSR count). The van der Waals surface area contributed by atoms with Crippen LogP contribution in [0.25, 0.3) is 0 Å². The highest BCUT2D eigenvalue weighted by Crippen LogP contribution is 2.25. The first-order valence-electron chi connectivity index (χ1n) is 7.97. The summed E-state index contributed by atoms with van der Waals surface area (Å²) in [5, 5.41) is 7.61. The Kier molecular flexibility index (Phi) is 6.81. The van der Waals surface area contributed by atoms with E-state index in [-0.39, 0.29) is 11.5 Å². The lowest BCUT2D eigenvalue weighted by molar-refractivity contribution is 0.0217. The van der Waals surface area contributed by atoms with Crippen LogP contribution in [0, 0.1) is 11.3 Å². The number of nitrogens with one attached hydrogen (secondary N) is 1. The van der Waals surface area contributed by atoms with Crippen LogP contribution in [0.1, 0.15) is 66.3 Å². The van der Waals surface area contributed by atoms with Crippen LogP contribution in [0.5, 0.6) is 0 Å². The highest BCUT2D eigenvalue weighted by Gasteiger charge is 2.28. The van der Waals surface area contributed by atoms with Gasteiger partial charge in [0.25, 0.3) is 0 Å². The number of likely N-dealkylation sites (N-methyl/N-ethyl adjacent to an activating group) is 1. The quantitative estimate of drug-likeness (QED) is 0.797. The van der Waals surface area contributed by atoms with E-state index in [9.17, 15) is 0 Å². The van der Waals surface area contributed by atoms with Gasteiger partial charge in [-0.1, -0.05) is 46.7 Å². The monoisotopic (exact) mass is 297 g/mol. The van der Waals surface area contributed by atoms with Gasteiger partial charge in [-0.05, 0) is 24.8 Å². The smallest absolute Gasteiger partial charge is 0.228 e. The Morgan fingerprint density at radius 3 is 2.38 bits per heavy atom. The Labute approximate surface area is 128 Å². The van der Waals surface area contributed by atoms with Crippen molar-refractivity contribution in [3.63, 3.8) is 0 Å². The third-order valence-corrected chi connectivity index (χ3v) is 3.56. The van der Waals surface area contributed by atoms with Crippen LogP contribution in [0.15, 0.2) is 4.52 Å². The molecule has 0 aromatic carbocycles. The molecule has 122 valence electrons. The van der Waals surface area contributed by atoms with Gasteiger partial charge in [0, 0.05) is 19.1 Å². The van der Waals surface area contributed by atoms with E-state index in [4.69, 9.17) is 9.26 Å². The zero-order chi connectivity index (χ0) is 16.0. The first-order chi connectivity index (χ1) is 9.79. The van der Waals surface area contributed by atoms with E-state index in [0.717, 1.165) is 13.0 Å². The molecule has 0 saturated heterocycles. The average Bonchev–Trinajstić information content (AvgIpc) is 2.82. The van der Waals surface area contributed by atoms with Crippen LogP contribution < -0.4 is 5.32 Å². The molecule has 0 bridgehead atoms. The highest BCUT2D eigenvalue weighted by molar-refractivity contribution is 4.96. The summed E-state index contributed by atoms with van der Waals surface area (Å²) in [7, 11) is 0.